The molecule has 0 aromatic carbocycles. The van der Waals surface area contributed by atoms with E-state index in [1.54, 1.807) is 0 Å². The topological polar surface area (TPSA) is 49.4 Å². The van der Waals surface area contributed by atoms with Crippen LogP contribution in [-0.2, 0) is 0 Å². The molecule has 0 aromatic rings. The molecule has 0 spiro atoms. The molecule has 4 nitrogen and oxygen atoms in total. The van der Waals surface area contributed by atoms with Crippen LogP contribution in [0.5, 0.6) is 0 Å². The zero-order valence-electron chi connectivity index (χ0n) is 6.47. The third-order valence-corrected chi connectivity index (χ3v) is 0.668. The third-order valence-electron chi connectivity index (χ3n) is 0.668. The highest BCUT2D eigenvalue weighted by molar-refractivity contribution is 4.46. The second kappa shape index (κ2) is 4.86. The molecule has 0 amide bonds. The smallest absolute Gasteiger partial charge is 0.184 e. The van der Waals surface area contributed by atoms with Gasteiger partial charge in [-0.25, -0.2) is 0 Å². The molecule has 0 atom stereocenters. The van der Waals surface area contributed by atoms with Crippen molar-refractivity contribution in [3.8, 4) is 0 Å². The molecule has 0 bridgehead atoms. The van der Waals surface area contributed by atoms with E-state index < -0.39 is 25.7 Å². The van der Waals surface area contributed by atoms with E-state index in [1.165, 1.54) is 0 Å². The van der Waals surface area contributed by atoms with Crippen LogP contribution in [0.4, 0.5) is 26.3 Å². The van der Waals surface area contributed by atoms with Crippen molar-refractivity contribution in [1.29, 1.82) is 0 Å². The summed E-state index contributed by atoms with van der Waals surface area (Å²) >= 11 is 0. The Morgan fingerprint density at radius 1 is 0.643 bits per heavy atom. The molecule has 0 saturated heterocycles. The van der Waals surface area contributed by atoms with Gasteiger partial charge in [-0.2, -0.15) is 10.2 Å². The molecule has 0 radical (unpaired) electrons. The van der Waals surface area contributed by atoms with Crippen molar-refractivity contribution in [2.75, 3.05) is 13.1 Å². The highest BCUT2D eigenvalue weighted by atomic mass is 19.4. The molecule has 0 heterocycles. The van der Waals surface area contributed by atoms with Crippen LogP contribution in [0.2, 0.25) is 0 Å². The lowest BCUT2D eigenvalue weighted by atomic mass is 10.7. The summed E-state index contributed by atoms with van der Waals surface area (Å²) in [6.07, 6.45) is -9.61. The molecule has 0 aliphatic heterocycles. The van der Waals surface area contributed by atoms with Crippen LogP contribution in [0.15, 0.2) is 20.5 Å². The van der Waals surface area contributed by atoms with Gasteiger partial charge in [0.15, 0.2) is 0 Å². The first-order valence-electron chi connectivity index (χ1n) is 3.11. The number of alkyl halides is 6. The fourth-order valence-corrected chi connectivity index (χ4v) is 0.350. The van der Waals surface area contributed by atoms with E-state index in [1.807, 2.05) is 10.2 Å². The minimum Gasteiger partial charge on any atom is -0.184 e. The lowest BCUT2D eigenvalue weighted by Crippen LogP contribution is -2.02. The zero-order valence-corrected chi connectivity index (χ0v) is 6.47. The normalized spacial score (nSPS) is 14.4. The number of hydrogen-bond acceptors (Lipinski definition) is 4. The van der Waals surface area contributed by atoms with Gasteiger partial charge in [0, 0.05) is 0 Å². The van der Waals surface area contributed by atoms with E-state index in [4.69, 9.17) is 0 Å². The largest absolute Gasteiger partial charge is 0.520 e. The van der Waals surface area contributed by atoms with Crippen molar-refractivity contribution in [1.82, 2.24) is 0 Å². The van der Waals surface area contributed by atoms with Crippen molar-refractivity contribution in [2.24, 2.45) is 20.5 Å². The molecule has 0 aliphatic rings. The third kappa shape index (κ3) is 10.8. The second-order valence-corrected chi connectivity index (χ2v) is 1.87. The van der Waals surface area contributed by atoms with Gasteiger partial charge in [-0.1, -0.05) is 10.2 Å². The first-order valence-corrected chi connectivity index (χ1v) is 3.11. The van der Waals surface area contributed by atoms with E-state index in [9.17, 15) is 26.3 Å². The van der Waals surface area contributed by atoms with Gasteiger partial charge in [0.25, 0.3) is 0 Å². The number of azo groups is 2. The molecule has 14 heavy (non-hydrogen) atoms. The molecule has 0 N–H and O–H groups in total. The first kappa shape index (κ1) is 12.8. The van der Waals surface area contributed by atoms with Gasteiger partial charge in [-0.05, 0) is 0 Å². The number of halogens is 6. The van der Waals surface area contributed by atoms with Crippen molar-refractivity contribution in [3.05, 3.63) is 0 Å². The molecule has 0 saturated carbocycles. The van der Waals surface area contributed by atoms with Gasteiger partial charge in [0.2, 0.25) is 0 Å². The van der Waals surface area contributed by atoms with E-state index >= 15 is 0 Å². The van der Waals surface area contributed by atoms with Crippen LogP contribution < -0.4 is 0 Å². The van der Waals surface area contributed by atoms with E-state index in [0.29, 0.717) is 0 Å². The fourth-order valence-electron chi connectivity index (χ4n) is 0.350. The summed E-state index contributed by atoms with van der Waals surface area (Å²) in [5, 5.41) is 8.75. The molecule has 0 aromatic heterocycles. The summed E-state index contributed by atoms with van der Waals surface area (Å²) in [6, 6.07) is 0. The molecule has 0 aliphatic carbocycles. The lowest BCUT2D eigenvalue weighted by Gasteiger charge is -1.95. The molecule has 82 valence electrons. The molecule has 0 fully saturated rings. The molecular formula is C4H4F6N4. The van der Waals surface area contributed by atoms with Crippen molar-refractivity contribution < 1.29 is 26.3 Å². The van der Waals surface area contributed by atoms with Crippen LogP contribution in [0.1, 0.15) is 0 Å². The summed E-state index contributed by atoms with van der Waals surface area (Å²) in [5.74, 6) is 0. The minimum atomic E-state index is -4.80. The van der Waals surface area contributed by atoms with Crippen LogP contribution in [0.3, 0.4) is 0 Å². The van der Waals surface area contributed by atoms with Gasteiger partial charge in [0.05, 0.1) is 13.1 Å². The summed E-state index contributed by atoms with van der Waals surface area (Å²) in [6.45, 7) is -1.20. The van der Waals surface area contributed by atoms with Gasteiger partial charge in [-0.15, -0.1) is 26.3 Å². The fraction of sp³-hybridized carbons (Fsp3) is 1.00. The highest BCUT2D eigenvalue weighted by Gasteiger charge is 2.27. The Morgan fingerprint density at radius 3 is 1.14 bits per heavy atom. The lowest BCUT2D eigenvalue weighted by molar-refractivity contribution is -0.128. The van der Waals surface area contributed by atoms with Crippen LogP contribution >= 0.6 is 0 Å². The number of nitrogens with zero attached hydrogens (tertiary/aromatic N) is 4. The zero-order chi connectivity index (χ0) is 11.2. The van der Waals surface area contributed by atoms with Gasteiger partial charge in [-0.3, -0.25) is 0 Å². The second-order valence-electron chi connectivity index (χ2n) is 1.87. The Morgan fingerprint density at radius 2 is 0.929 bits per heavy atom. The quantitative estimate of drug-likeness (QED) is 0.305. The standard InChI is InChI=1S/C4H4F6N4/c5-3(6,7)13-11-1-2-12-14-4(8,9)10/h1-2H2. The monoisotopic (exact) mass is 222 g/mol. The Hall–Kier alpha value is -1.22. The highest BCUT2D eigenvalue weighted by Crippen LogP contribution is 2.17. The van der Waals surface area contributed by atoms with Crippen LogP contribution in [0, 0.1) is 0 Å². The predicted molar refractivity (Wildman–Crippen MR) is 31.6 cm³/mol. The average molecular weight is 222 g/mol. The van der Waals surface area contributed by atoms with Crippen molar-refractivity contribution in [2.45, 2.75) is 12.6 Å². The van der Waals surface area contributed by atoms with Gasteiger partial charge in [0.1, 0.15) is 0 Å². The average Bonchev–Trinajstić information content (AvgIpc) is 1.92. The van der Waals surface area contributed by atoms with E-state index in [2.05, 4.69) is 10.2 Å². The van der Waals surface area contributed by atoms with Crippen molar-refractivity contribution in [3.63, 3.8) is 0 Å². The van der Waals surface area contributed by atoms with Gasteiger partial charge < -0.3 is 0 Å². The van der Waals surface area contributed by atoms with Crippen LogP contribution in [0.25, 0.3) is 0 Å². The number of rotatable bonds is 3. The molecule has 10 heteroatoms. The molecule has 0 rings (SSSR count). The summed E-state index contributed by atoms with van der Waals surface area (Å²) < 4.78 is 67.6. The maximum Gasteiger partial charge on any atom is 0.520 e. The maximum absolute atomic E-state index is 11.3. The Kier molecular flexibility index (Phi) is 4.44. The molecular weight excluding hydrogens is 218 g/mol. The number of hydrogen-bond donors (Lipinski definition) is 0. The summed E-state index contributed by atoms with van der Waals surface area (Å²) in [7, 11) is 0. The maximum atomic E-state index is 11.3. The van der Waals surface area contributed by atoms with Crippen molar-refractivity contribution >= 4 is 0 Å². The van der Waals surface area contributed by atoms with E-state index in [0.717, 1.165) is 0 Å². The SMILES string of the molecule is FC(F)(F)N=NCCN=NC(F)(F)F. The van der Waals surface area contributed by atoms with Crippen LogP contribution in [-0.4, -0.2) is 25.7 Å². The first-order chi connectivity index (χ1) is 6.21. The van der Waals surface area contributed by atoms with E-state index in [-0.39, 0.29) is 0 Å². The Labute approximate surface area is 73.7 Å². The summed E-state index contributed by atoms with van der Waals surface area (Å²) in [5.41, 5.74) is 0. The Balaban J connectivity index is 3.68. The predicted octanol–water partition coefficient (Wildman–Crippen LogP) is 2.93. The summed E-state index contributed by atoms with van der Waals surface area (Å²) in [4.78, 5) is 0. The molecule has 0 unspecified atom stereocenters. The Bertz CT molecular complexity index is 191. The minimum absolute atomic E-state index is 0.598. The van der Waals surface area contributed by atoms with Gasteiger partial charge >= 0.3 is 12.6 Å².